The van der Waals surface area contributed by atoms with Crippen molar-refractivity contribution in [3.63, 3.8) is 0 Å². The van der Waals surface area contributed by atoms with E-state index in [1.165, 1.54) is 12.4 Å². The molecule has 3 heterocycles. The fraction of sp³-hybridized carbons (Fsp3) is 0.722. The van der Waals surface area contributed by atoms with Crippen LogP contribution in [0.4, 0.5) is 4.79 Å². The summed E-state index contributed by atoms with van der Waals surface area (Å²) in [7, 11) is 0. The summed E-state index contributed by atoms with van der Waals surface area (Å²) in [4.78, 5) is 35.2. The molecule has 1 aromatic heterocycles. The second-order valence-corrected chi connectivity index (χ2v) is 7.69. The first-order valence-electron chi connectivity index (χ1n) is 9.36. The number of morpholine rings is 1. The van der Waals surface area contributed by atoms with Crippen LogP contribution in [0, 0.1) is 0 Å². The van der Waals surface area contributed by atoms with Gasteiger partial charge < -0.3 is 19.9 Å². The minimum Gasteiger partial charge on any atom is -0.379 e. The van der Waals surface area contributed by atoms with Gasteiger partial charge in [-0.3, -0.25) is 9.69 Å². The molecule has 144 valence electrons. The molecule has 2 N–H and O–H groups in total. The highest BCUT2D eigenvalue weighted by atomic mass is 16.5. The van der Waals surface area contributed by atoms with Crippen LogP contribution in [0.25, 0.3) is 0 Å². The Morgan fingerprint density at radius 2 is 2.15 bits per heavy atom. The number of aromatic amines is 1. The Balaban J connectivity index is 1.54. The largest absolute Gasteiger partial charge is 0.379 e. The maximum absolute atomic E-state index is 12.7. The summed E-state index contributed by atoms with van der Waals surface area (Å²) < 4.78 is 5.41. The second kappa shape index (κ2) is 8.18. The minimum atomic E-state index is -0.149. The van der Waals surface area contributed by atoms with Crippen LogP contribution in [-0.2, 0) is 4.74 Å². The van der Waals surface area contributed by atoms with Crippen LogP contribution in [0.15, 0.2) is 17.2 Å². The Morgan fingerprint density at radius 3 is 2.88 bits per heavy atom. The van der Waals surface area contributed by atoms with Crippen molar-refractivity contribution >= 4 is 6.03 Å². The molecule has 2 fully saturated rings. The van der Waals surface area contributed by atoms with Gasteiger partial charge in [-0.25, -0.2) is 9.78 Å². The van der Waals surface area contributed by atoms with Gasteiger partial charge in [0, 0.05) is 50.2 Å². The third-order valence-corrected chi connectivity index (χ3v) is 5.37. The quantitative estimate of drug-likeness (QED) is 0.825. The summed E-state index contributed by atoms with van der Waals surface area (Å²) in [6, 6.07) is 1.49. The van der Waals surface area contributed by atoms with Crippen molar-refractivity contribution in [1.82, 2.24) is 25.1 Å². The van der Waals surface area contributed by atoms with Crippen LogP contribution in [0.3, 0.4) is 0 Å². The molecular weight excluding hydrogens is 334 g/mol. The Bertz CT molecular complexity index is 669. The van der Waals surface area contributed by atoms with Gasteiger partial charge in [0.1, 0.15) is 0 Å². The third kappa shape index (κ3) is 4.62. The molecule has 26 heavy (non-hydrogen) atoms. The van der Waals surface area contributed by atoms with Crippen LogP contribution in [0.5, 0.6) is 0 Å². The Labute approximate surface area is 153 Å². The molecule has 0 saturated carbocycles. The van der Waals surface area contributed by atoms with E-state index in [-0.39, 0.29) is 23.0 Å². The molecule has 8 heteroatoms. The molecule has 0 aromatic carbocycles. The topological polar surface area (TPSA) is 90.6 Å². The smallest absolute Gasteiger partial charge is 0.317 e. The molecule has 0 radical (unpaired) electrons. The van der Waals surface area contributed by atoms with Gasteiger partial charge in [0.2, 0.25) is 0 Å². The molecule has 2 aliphatic heterocycles. The Hall–Kier alpha value is -1.93. The van der Waals surface area contributed by atoms with Crippen molar-refractivity contribution < 1.29 is 9.53 Å². The average molecular weight is 363 g/mol. The Kier molecular flexibility index (Phi) is 5.93. The molecule has 3 rings (SSSR count). The summed E-state index contributed by atoms with van der Waals surface area (Å²) in [6.07, 6.45) is 3.29. The number of hydrogen-bond acceptors (Lipinski definition) is 5. The molecule has 0 spiro atoms. The fourth-order valence-electron chi connectivity index (χ4n) is 3.69. The maximum Gasteiger partial charge on any atom is 0.317 e. The van der Waals surface area contributed by atoms with Gasteiger partial charge in [0.15, 0.2) is 0 Å². The average Bonchev–Trinajstić information content (AvgIpc) is 2.67. The molecule has 0 bridgehead atoms. The number of urea groups is 1. The van der Waals surface area contributed by atoms with E-state index in [1.807, 2.05) is 4.90 Å². The van der Waals surface area contributed by atoms with E-state index in [0.29, 0.717) is 13.1 Å². The van der Waals surface area contributed by atoms with Gasteiger partial charge in [0.25, 0.3) is 5.56 Å². The van der Waals surface area contributed by atoms with Crippen LogP contribution < -0.4 is 10.9 Å². The molecule has 0 unspecified atom stereocenters. The number of ether oxygens (including phenoxy) is 1. The number of carbonyl (C=O) groups excluding carboxylic acids is 1. The fourth-order valence-corrected chi connectivity index (χ4v) is 3.69. The molecule has 0 aliphatic carbocycles. The van der Waals surface area contributed by atoms with Crippen LogP contribution in [0.2, 0.25) is 0 Å². The first kappa shape index (κ1) is 18.8. The highest BCUT2D eigenvalue weighted by Gasteiger charge is 2.30. The zero-order valence-corrected chi connectivity index (χ0v) is 15.7. The molecule has 2 aliphatic rings. The van der Waals surface area contributed by atoms with Gasteiger partial charge in [-0.15, -0.1) is 0 Å². The predicted octanol–water partition coefficient (Wildman–Crippen LogP) is 0.770. The molecule has 2 saturated heterocycles. The van der Waals surface area contributed by atoms with E-state index in [4.69, 9.17) is 4.74 Å². The number of aromatic nitrogens is 2. The zero-order valence-electron chi connectivity index (χ0n) is 15.7. The first-order chi connectivity index (χ1) is 12.5. The molecular formula is C18H29N5O3. The van der Waals surface area contributed by atoms with Crippen molar-refractivity contribution in [3.05, 3.63) is 28.4 Å². The van der Waals surface area contributed by atoms with E-state index >= 15 is 0 Å². The van der Waals surface area contributed by atoms with E-state index in [0.717, 1.165) is 51.4 Å². The van der Waals surface area contributed by atoms with Gasteiger partial charge in [-0.1, -0.05) is 0 Å². The number of carbonyl (C=O) groups is 1. The lowest BCUT2D eigenvalue weighted by Gasteiger charge is -2.41. The van der Waals surface area contributed by atoms with E-state index in [2.05, 4.69) is 34.0 Å². The highest BCUT2D eigenvalue weighted by Crippen LogP contribution is 2.24. The van der Waals surface area contributed by atoms with Crippen molar-refractivity contribution in [2.24, 2.45) is 0 Å². The summed E-state index contributed by atoms with van der Waals surface area (Å²) in [6.45, 7) is 9.50. The second-order valence-electron chi connectivity index (χ2n) is 7.69. The van der Waals surface area contributed by atoms with E-state index < -0.39 is 0 Å². The lowest BCUT2D eigenvalue weighted by Crippen LogP contribution is -2.57. The number of nitrogens with one attached hydrogen (secondary N) is 2. The lowest BCUT2D eigenvalue weighted by atomic mass is 9.95. The number of likely N-dealkylation sites (tertiary alicyclic amines) is 1. The van der Waals surface area contributed by atoms with Gasteiger partial charge >= 0.3 is 6.03 Å². The number of nitrogens with zero attached hydrogens (tertiary/aromatic N) is 3. The molecule has 1 atom stereocenters. The number of amides is 2. The minimum absolute atomic E-state index is 0.0409. The SMILES string of the molecule is CC(C)(CNC(=O)N1CCC[C@@H](c2cc(=O)[nH]cn2)C1)N1CCOCC1. The molecule has 2 amide bonds. The van der Waals surface area contributed by atoms with Crippen LogP contribution >= 0.6 is 0 Å². The summed E-state index contributed by atoms with van der Waals surface area (Å²) in [5, 5.41) is 3.09. The molecule has 8 nitrogen and oxygen atoms in total. The van der Waals surface area contributed by atoms with Gasteiger partial charge in [0.05, 0.1) is 25.2 Å². The normalized spacial score (nSPS) is 22.2. The maximum atomic E-state index is 12.7. The van der Waals surface area contributed by atoms with Crippen LogP contribution in [-0.4, -0.2) is 77.3 Å². The highest BCUT2D eigenvalue weighted by molar-refractivity contribution is 5.74. The van der Waals surface area contributed by atoms with Crippen molar-refractivity contribution in [2.75, 3.05) is 45.9 Å². The number of H-pyrrole nitrogens is 1. The number of piperidine rings is 1. The number of rotatable bonds is 4. The number of hydrogen-bond donors (Lipinski definition) is 2. The summed E-state index contributed by atoms with van der Waals surface area (Å²) in [5.41, 5.74) is 0.506. The van der Waals surface area contributed by atoms with E-state index in [1.54, 1.807) is 0 Å². The standard InChI is InChI=1S/C18H29N5O3/c1-18(2,23-6-8-26-9-7-23)12-19-17(25)22-5-3-4-14(11-22)15-10-16(24)21-13-20-15/h10,13-14H,3-9,11-12H2,1-2H3,(H,19,25)(H,20,21,24)/t14-/m1/s1. The first-order valence-corrected chi connectivity index (χ1v) is 9.36. The van der Waals surface area contributed by atoms with Crippen molar-refractivity contribution in [2.45, 2.75) is 38.1 Å². The monoisotopic (exact) mass is 363 g/mol. The third-order valence-electron chi connectivity index (χ3n) is 5.37. The van der Waals surface area contributed by atoms with Gasteiger partial charge in [-0.2, -0.15) is 0 Å². The lowest BCUT2D eigenvalue weighted by molar-refractivity contribution is -0.00910. The van der Waals surface area contributed by atoms with E-state index in [9.17, 15) is 9.59 Å². The van der Waals surface area contributed by atoms with Crippen molar-refractivity contribution in [3.8, 4) is 0 Å². The van der Waals surface area contributed by atoms with Gasteiger partial charge in [-0.05, 0) is 26.7 Å². The predicted molar refractivity (Wildman–Crippen MR) is 98.3 cm³/mol. The summed E-state index contributed by atoms with van der Waals surface area (Å²) >= 11 is 0. The van der Waals surface area contributed by atoms with Crippen LogP contribution in [0.1, 0.15) is 38.3 Å². The summed E-state index contributed by atoms with van der Waals surface area (Å²) in [5.74, 6) is 0.115. The zero-order chi connectivity index (χ0) is 18.6. The Morgan fingerprint density at radius 1 is 1.38 bits per heavy atom. The van der Waals surface area contributed by atoms with Crippen molar-refractivity contribution in [1.29, 1.82) is 0 Å². The molecule has 1 aromatic rings.